The van der Waals surface area contributed by atoms with E-state index in [2.05, 4.69) is 15.5 Å². The van der Waals surface area contributed by atoms with E-state index in [-0.39, 0.29) is 11.2 Å². The van der Waals surface area contributed by atoms with Crippen LogP contribution in [0.25, 0.3) is 11.4 Å². The molecule has 8 heteroatoms. The van der Waals surface area contributed by atoms with Gasteiger partial charge in [-0.3, -0.25) is 4.79 Å². The van der Waals surface area contributed by atoms with Crippen LogP contribution in [0, 0.1) is 0 Å². The Morgan fingerprint density at radius 1 is 1.39 bits per heavy atom. The first-order chi connectivity index (χ1) is 11.1. The Balaban J connectivity index is 1.71. The second-order valence-corrected chi connectivity index (χ2v) is 6.76. The minimum atomic E-state index is -0.272. The molecule has 122 valence electrons. The van der Waals surface area contributed by atoms with Crippen molar-refractivity contribution in [1.29, 1.82) is 0 Å². The van der Waals surface area contributed by atoms with Gasteiger partial charge in [0.15, 0.2) is 5.82 Å². The number of amides is 1. The molecule has 0 bridgehead atoms. The van der Waals surface area contributed by atoms with Crippen LogP contribution in [0.4, 0.5) is 0 Å². The highest BCUT2D eigenvalue weighted by molar-refractivity contribution is 8.00. The number of aromatic nitrogens is 3. The number of thioether (sulfide) groups is 1. The molecular formula is C15H19N5O2S. The molecule has 0 unspecified atom stereocenters. The van der Waals surface area contributed by atoms with E-state index >= 15 is 0 Å². The zero-order chi connectivity index (χ0) is 16.4. The number of nitrogen functional groups attached to an aromatic ring is 1. The predicted octanol–water partition coefficient (Wildman–Crippen LogP) is 1.43. The monoisotopic (exact) mass is 333 g/mol. The van der Waals surface area contributed by atoms with Gasteiger partial charge in [-0.15, -0.1) is 10.2 Å². The number of methoxy groups -OCH3 is 1. The largest absolute Gasteiger partial charge is 0.497 e. The van der Waals surface area contributed by atoms with Crippen LogP contribution >= 0.6 is 11.8 Å². The van der Waals surface area contributed by atoms with E-state index in [9.17, 15) is 4.79 Å². The van der Waals surface area contributed by atoms with Crippen LogP contribution in [-0.2, 0) is 4.79 Å². The fourth-order valence-electron chi connectivity index (χ4n) is 2.05. The van der Waals surface area contributed by atoms with Crippen molar-refractivity contribution < 1.29 is 9.53 Å². The lowest BCUT2D eigenvalue weighted by Crippen LogP contribution is -2.32. The summed E-state index contributed by atoms with van der Waals surface area (Å²) in [5, 5.41) is 11.4. The third-order valence-electron chi connectivity index (χ3n) is 3.59. The maximum atomic E-state index is 12.0. The lowest BCUT2D eigenvalue weighted by Gasteiger charge is -2.10. The molecule has 1 aliphatic rings. The van der Waals surface area contributed by atoms with Crippen molar-refractivity contribution in [2.45, 2.75) is 36.2 Å². The maximum Gasteiger partial charge on any atom is 0.233 e. The van der Waals surface area contributed by atoms with Gasteiger partial charge in [0.25, 0.3) is 0 Å². The van der Waals surface area contributed by atoms with Crippen molar-refractivity contribution in [3.8, 4) is 17.1 Å². The highest BCUT2D eigenvalue weighted by Crippen LogP contribution is 2.27. The number of nitrogens with two attached hydrogens (primary N) is 1. The number of nitrogens with zero attached hydrogens (tertiary/aromatic N) is 3. The van der Waals surface area contributed by atoms with Crippen molar-refractivity contribution >= 4 is 17.7 Å². The Morgan fingerprint density at radius 3 is 2.70 bits per heavy atom. The molecule has 1 saturated carbocycles. The standard InChI is InChI=1S/C15H19N5O2S/c1-9(14(21)17-11-5-6-11)23-15-19-18-13(20(15)16)10-3-7-12(22-2)8-4-10/h3-4,7-9,11H,5-6,16H2,1-2H3,(H,17,21)/t9-/m1/s1. The number of rotatable bonds is 6. The smallest absolute Gasteiger partial charge is 0.233 e. The second kappa shape index (κ2) is 6.49. The van der Waals surface area contributed by atoms with Crippen molar-refractivity contribution in [1.82, 2.24) is 20.2 Å². The van der Waals surface area contributed by atoms with Crippen molar-refractivity contribution in [2.24, 2.45) is 0 Å². The fraction of sp³-hybridized carbons (Fsp3) is 0.400. The average molecular weight is 333 g/mol. The minimum absolute atomic E-state index is 0.00602. The van der Waals surface area contributed by atoms with E-state index in [1.807, 2.05) is 31.2 Å². The van der Waals surface area contributed by atoms with Crippen LogP contribution < -0.4 is 15.9 Å². The summed E-state index contributed by atoms with van der Waals surface area (Å²) in [5.41, 5.74) is 0.836. The first-order valence-electron chi connectivity index (χ1n) is 7.40. The van der Waals surface area contributed by atoms with E-state index in [0.717, 1.165) is 24.2 Å². The summed E-state index contributed by atoms with van der Waals surface area (Å²) in [6.45, 7) is 1.84. The molecule has 3 N–H and O–H groups in total. The Kier molecular flexibility index (Phi) is 4.42. The zero-order valence-electron chi connectivity index (χ0n) is 13.0. The topological polar surface area (TPSA) is 95.1 Å². The molecule has 23 heavy (non-hydrogen) atoms. The van der Waals surface area contributed by atoms with Crippen LogP contribution in [0.2, 0.25) is 0 Å². The van der Waals surface area contributed by atoms with Crippen LogP contribution in [0.5, 0.6) is 5.75 Å². The molecule has 1 atom stereocenters. The number of hydrogen-bond acceptors (Lipinski definition) is 6. The van der Waals surface area contributed by atoms with Gasteiger partial charge in [-0.2, -0.15) is 0 Å². The van der Waals surface area contributed by atoms with Gasteiger partial charge in [0.05, 0.1) is 12.4 Å². The minimum Gasteiger partial charge on any atom is -0.497 e. The molecule has 1 aliphatic carbocycles. The molecule has 2 aromatic rings. The maximum absolute atomic E-state index is 12.0. The number of benzene rings is 1. The molecule has 0 spiro atoms. The van der Waals surface area contributed by atoms with Gasteiger partial charge >= 0.3 is 0 Å². The molecule has 0 radical (unpaired) electrons. The number of nitrogens with one attached hydrogen (secondary N) is 1. The van der Waals surface area contributed by atoms with Gasteiger partial charge in [-0.1, -0.05) is 11.8 Å². The summed E-state index contributed by atoms with van der Waals surface area (Å²) >= 11 is 1.30. The highest BCUT2D eigenvalue weighted by Gasteiger charge is 2.27. The van der Waals surface area contributed by atoms with Crippen LogP contribution in [0.3, 0.4) is 0 Å². The first-order valence-corrected chi connectivity index (χ1v) is 8.28. The van der Waals surface area contributed by atoms with Gasteiger partial charge in [0, 0.05) is 11.6 Å². The van der Waals surface area contributed by atoms with E-state index in [1.165, 1.54) is 16.4 Å². The molecule has 1 aromatic carbocycles. The molecule has 1 heterocycles. The Hall–Kier alpha value is -2.22. The number of carbonyl (C=O) groups excluding carboxylic acids is 1. The summed E-state index contributed by atoms with van der Waals surface area (Å²) in [7, 11) is 1.61. The zero-order valence-corrected chi connectivity index (χ0v) is 13.8. The van der Waals surface area contributed by atoms with Gasteiger partial charge in [0.1, 0.15) is 5.75 Å². The summed E-state index contributed by atoms with van der Waals surface area (Å²) in [4.78, 5) is 12.0. The molecule has 1 aromatic heterocycles. The summed E-state index contributed by atoms with van der Waals surface area (Å²) in [6, 6.07) is 7.75. The fourth-order valence-corrected chi connectivity index (χ4v) is 2.83. The predicted molar refractivity (Wildman–Crippen MR) is 88.6 cm³/mol. The van der Waals surface area contributed by atoms with E-state index in [1.54, 1.807) is 7.11 Å². The SMILES string of the molecule is COc1ccc(-c2nnc(S[C@H](C)C(=O)NC3CC3)n2N)cc1. The van der Waals surface area contributed by atoms with Gasteiger partial charge in [-0.25, -0.2) is 4.68 Å². The lowest BCUT2D eigenvalue weighted by atomic mass is 10.2. The summed E-state index contributed by atoms with van der Waals surface area (Å²) in [6.07, 6.45) is 2.13. The van der Waals surface area contributed by atoms with Crippen LogP contribution in [0.15, 0.2) is 29.4 Å². The third kappa shape index (κ3) is 3.58. The Labute approximate surface area is 138 Å². The number of ether oxygens (including phenoxy) is 1. The van der Waals surface area contributed by atoms with E-state index in [4.69, 9.17) is 10.6 Å². The Morgan fingerprint density at radius 2 is 2.09 bits per heavy atom. The lowest BCUT2D eigenvalue weighted by molar-refractivity contribution is -0.120. The highest BCUT2D eigenvalue weighted by atomic mass is 32.2. The number of carbonyl (C=O) groups is 1. The van der Waals surface area contributed by atoms with Gasteiger partial charge < -0.3 is 15.9 Å². The molecule has 3 rings (SSSR count). The number of hydrogen-bond donors (Lipinski definition) is 2. The molecule has 1 amide bonds. The van der Waals surface area contributed by atoms with Crippen molar-refractivity contribution in [3.63, 3.8) is 0 Å². The van der Waals surface area contributed by atoms with Crippen LogP contribution in [-0.4, -0.2) is 39.2 Å². The van der Waals surface area contributed by atoms with Crippen molar-refractivity contribution in [2.75, 3.05) is 13.0 Å². The van der Waals surface area contributed by atoms with Gasteiger partial charge in [0.2, 0.25) is 11.1 Å². The van der Waals surface area contributed by atoms with Crippen molar-refractivity contribution in [3.05, 3.63) is 24.3 Å². The summed E-state index contributed by atoms with van der Waals surface area (Å²) < 4.78 is 6.54. The quantitative estimate of drug-likeness (QED) is 0.613. The third-order valence-corrected chi connectivity index (χ3v) is 4.64. The second-order valence-electron chi connectivity index (χ2n) is 5.45. The average Bonchev–Trinajstić information content (AvgIpc) is 3.31. The molecule has 0 saturated heterocycles. The molecule has 0 aliphatic heterocycles. The normalized spacial score (nSPS) is 15.2. The molecule has 7 nitrogen and oxygen atoms in total. The summed E-state index contributed by atoms with van der Waals surface area (Å²) in [5.74, 6) is 7.39. The first kappa shape index (κ1) is 15.7. The van der Waals surface area contributed by atoms with E-state index in [0.29, 0.717) is 17.0 Å². The molecular weight excluding hydrogens is 314 g/mol. The van der Waals surface area contributed by atoms with Crippen LogP contribution in [0.1, 0.15) is 19.8 Å². The van der Waals surface area contributed by atoms with Gasteiger partial charge in [-0.05, 0) is 44.0 Å². The Bertz CT molecular complexity index is 696. The molecule has 1 fully saturated rings. The van der Waals surface area contributed by atoms with E-state index < -0.39 is 0 Å².